The predicted octanol–water partition coefficient (Wildman–Crippen LogP) is 6.72. The molecule has 0 fully saturated rings. The summed E-state index contributed by atoms with van der Waals surface area (Å²) in [4.78, 5) is 12.4. The van der Waals surface area contributed by atoms with Gasteiger partial charge in [0.05, 0.1) is 22.0 Å². The molecular weight excluding hydrogens is 474 g/mol. The molecule has 0 bridgehead atoms. The third-order valence-electron chi connectivity index (χ3n) is 4.13. The number of aryl methyl sites for hydroxylation is 1. The van der Waals surface area contributed by atoms with Crippen molar-refractivity contribution in [2.75, 3.05) is 5.32 Å². The minimum atomic E-state index is -2.52. The van der Waals surface area contributed by atoms with Crippen LogP contribution >= 0.6 is 11.6 Å². The molecule has 32 heavy (non-hydrogen) atoms. The van der Waals surface area contributed by atoms with E-state index in [0.717, 1.165) is 0 Å². The summed E-state index contributed by atoms with van der Waals surface area (Å²) < 4.78 is 114. The van der Waals surface area contributed by atoms with Gasteiger partial charge in [0.25, 0.3) is 0 Å². The van der Waals surface area contributed by atoms with Crippen molar-refractivity contribution in [2.24, 2.45) is 0 Å². The van der Waals surface area contributed by atoms with E-state index in [1.54, 1.807) is 6.92 Å². The number of carbonyl (C=O) groups is 1. The molecule has 0 saturated heterocycles. The fraction of sp³-hybridized carbons (Fsp3) is 0.0500. The lowest BCUT2D eigenvalue weighted by atomic mass is 10.1. The van der Waals surface area contributed by atoms with Crippen LogP contribution in [0.3, 0.4) is 0 Å². The molecule has 0 atom stereocenters. The molecule has 3 nitrogen and oxygen atoms in total. The summed E-state index contributed by atoms with van der Waals surface area (Å²) in [6.45, 7) is 1.65. The predicted molar refractivity (Wildman–Crippen MR) is 97.0 cm³/mol. The highest BCUT2D eigenvalue weighted by atomic mass is 35.5. The highest BCUT2D eigenvalue weighted by Crippen LogP contribution is 2.34. The van der Waals surface area contributed by atoms with E-state index in [-0.39, 0.29) is 16.8 Å². The summed E-state index contributed by atoms with van der Waals surface area (Å²) in [6, 6.07) is 4.28. The topological polar surface area (TPSA) is 38.3 Å². The van der Waals surface area contributed by atoms with Gasteiger partial charge in [0, 0.05) is 0 Å². The zero-order valence-electron chi connectivity index (χ0n) is 15.5. The van der Waals surface area contributed by atoms with Crippen LogP contribution in [0.15, 0.2) is 24.3 Å². The van der Waals surface area contributed by atoms with Crippen molar-refractivity contribution < 1.29 is 44.7 Å². The summed E-state index contributed by atoms with van der Waals surface area (Å²) in [5, 5.41) is 2.19. The number of ether oxygens (including phenoxy) is 1. The molecule has 3 rings (SSSR count). The quantitative estimate of drug-likeness (QED) is 0.148. The molecular formula is C20H8ClF8NO2. The van der Waals surface area contributed by atoms with Crippen LogP contribution in [0.5, 0.6) is 5.75 Å². The Morgan fingerprint density at radius 2 is 1.38 bits per heavy atom. The number of esters is 1. The van der Waals surface area contributed by atoms with E-state index in [0.29, 0.717) is 5.56 Å². The van der Waals surface area contributed by atoms with Crippen LogP contribution in [0.1, 0.15) is 15.9 Å². The number of hydrogen-bond acceptors (Lipinski definition) is 3. The van der Waals surface area contributed by atoms with E-state index in [9.17, 15) is 39.9 Å². The maximum Gasteiger partial charge on any atom is 0.346 e. The van der Waals surface area contributed by atoms with Crippen molar-refractivity contribution in [2.45, 2.75) is 6.92 Å². The van der Waals surface area contributed by atoms with Crippen molar-refractivity contribution >= 4 is 28.9 Å². The number of hydrogen-bond donors (Lipinski definition) is 1. The van der Waals surface area contributed by atoms with Gasteiger partial charge >= 0.3 is 5.97 Å². The highest BCUT2D eigenvalue weighted by Gasteiger charge is 2.31. The van der Waals surface area contributed by atoms with E-state index >= 15 is 0 Å². The van der Waals surface area contributed by atoms with Crippen LogP contribution in [0, 0.1) is 53.5 Å². The van der Waals surface area contributed by atoms with Crippen LogP contribution in [-0.2, 0) is 0 Å². The summed E-state index contributed by atoms with van der Waals surface area (Å²) in [5.74, 6) is -22.2. The number of carbonyl (C=O) groups excluding carboxylic acids is 1. The van der Waals surface area contributed by atoms with Gasteiger partial charge in [0.15, 0.2) is 17.5 Å². The third kappa shape index (κ3) is 4.07. The van der Waals surface area contributed by atoms with Gasteiger partial charge in [0.2, 0.25) is 34.8 Å². The zero-order valence-corrected chi connectivity index (χ0v) is 16.3. The second kappa shape index (κ2) is 8.65. The molecule has 0 heterocycles. The number of halogens is 9. The normalized spacial score (nSPS) is 10.9. The molecule has 1 N–H and O–H groups in total. The molecule has 3 aromatic carbocycles. The maximum absolute atomic E-state index is 14.4. The van der Waals surface area contributed by atoms with E-state index in [4.69, 9.17) is 11.6 Å². The molecule has 12 heteroatoms. The van der Waals surface area contributed by atoms with Gasteiger partial charge in [-0.3, -0.25) is 0 Å². The SMILES string of the molecule is Cc1ccc(Nc2c(C(=O)Oc3c(F)c(F)c(F)c(F)c3F)cc(F)c(F)c2F)c(Cl)c1. The van der Waals surface area contributed by atoms with Gasteiger partial charge < -0.3 is 10.1 Å². The molecule has 0 unspecified atom stereocenters. The fourth-order valence-electron chi connectivity index (χ4n) is 2.56. The van der Waals surface area contributed by atoms with E-state index in [2.05, 4.69) is 10.1 Å². The lowest BCUT2D eigenvalue weighted by Gasteiger charge is -2.15. The van der Waals surface area contributed by atoms with Crippen LogP contribution < -0.4 is 10.1 Å². The first-order valence-corrected chi connectivity index (χ1v) is 8.76. The first kappa shape index (κ1) is 23.3. The zero-order chi connectivity index (χ0) is 23.9. The Hall–Kier alpha value is -3.34. The van der Waals surface area contributed by atoms with Gasteiger partial charge in [-0.2, -0.15) is 8.78 Å². The first-order valence-electron chi connectivity index (χ1n) is 8.38. The maximum atomic E-state index is 14.4. The van der Waals surface area contributed by atoms with Crippen LogP contribution in [-0.4, -0.2) is 5.97 Å². The Morgan fingerprint density at radius 3 is 1.94 bits per heavy atom. The highest BCUT2D eigenvalue weighted by molar-refractivity contribution is 6.33. The van der Waals surface area contributed by atoms with E-state index in [1.807, 2.05) is 0 Å². The van der Waals surface area contributed by atoms with Crippen molar-refractivity contribution in [3.8, 4) is 5.75 Å². The Balaban J connectivity index is 2.11. The van der Waals surface area contributed by atoms with Crippen molar-refractivity contribution in [1.82, 2.24) is 0 Å². The minimum absolute atomic E-state index is 0.0341. The molecule has 0 aromatic heterocycles. The lowest BCUT2D eigenvalue weighted by Crippen LogP contribution is -2.17. The molecule has 0 spiro atoms. The summed E-state index contributed by atoms with van der Waals surface area (Å²) in [6.07, 6.45) is 0. The van der Waals surface area contributed by atoms with Gasteiger partial charge in [0.1, 0.15) is 0 Å². The minimum Gasteiger partial charge on any atom is -0.416 e. The average Bonchev–Trinajstić information content (AvgIpc) is 2.75. The van der Waals surface area contributed by atoms with E-state index in [1.165, 1.54) is 18.2 Å². The molecule has 3 aromatic rings. The molecule has 0 radical (unpaired) electrons. The smallest absolute Gasteiger partial charge is 0.346 e. The number of anilines is 2. The van der Waals surface area contributed by atoms with Crippen LogP contribution in [0.4, 0.5) is 46.5 Å². The van der Waals surface area contributed by atoms with Gasteiger partial charge in [-0.25, -0.2) is 31.1 Å². The Bertz CT molecular complexity index is 1240. The molecule has 168 valence electrons. The van der Waals surface area contributed by atoms with Gasteiger partial charge in [-0.1, -0.05) is 17.7 Å². The Morgan fingerprint density at radius 1 is 0.812 bits per heavy atom. The molecule has 0 aliphatic rings. The molecule has 0 aliphatic heterocycles. The summed E-state index contributed by atoms with van der Waals surface area (Å²) in [5.41, 5.74) is -1.66. The number of rotatable bonds is 4. The largest absolute Gasteiger partial charge is 0.416 e. The van der Waals surface area contributed by atoms with E-state index < -0.39 is 69.5 Å². The van der Waals surface area contributed by atoms with Crippen LogP contribution in [0.2, 0.25) is 5.02 Å². The average molecular weight is 482 g/mol. The number of nitrogens with one attached hydrogen (secondary N) is 1. The first-order chi connectivity index (χ1) is 14.9. The molecule has 0 amide bonds. The lowest BCUT2D eigenvalue weighted by molar-refractivity contribution is 0.0716. The third-order valence-corrected chi connectivity index (χ3v) is 4.44. The second-order valence-electron chi connectivity index (χ2n) is 6.31. The van der Waals surface area contributed by atoms with Crippen molar-refractivity contribution in [3.05, 3.63) is 87.0 Å². The molecule has 0 saturated carbocycles. The Kier molecular flexibility index (Phi) is 6.31. The summed E-state index contributed by atoms with van der Waals surface area (Å²) in [7, 11) is 0. The van der Waals surface area contributed by atoms with Crippen LogP contribution in [0.25, 0.3) is 0 Å². The summed E-state index contributed by atoms with van der Waals surface area (Å²) >= 11 is 5.97. The number of benzene rings is 3. The fourth-order valence-corrected chi connectivity index (χ4v) is 2.84. The molecule has 0 aliphatic carbocycles. The van der Waals surface area contributed by atoms with Crippen molar-refractivity contribution in [3.63, 3.8) is 0 Å². The Labute approximate surface area is 179 Å². The standard InChI is InChI=1S/C20H8ClF8NO2/c1-6-2-3-10(8(21)4-6)30-18-7(5-9(22)11(23)15(18)27)20(31)32-19-16(28)13(25)12(24)14(26)17(19)29/h2-5,30H,1H3. The van der Waals surface area contributed by atoms with Crippen molar-refractivity contribution in [1.29, 1.82) is 0 Å². The van der Waals surface area contributed by atoms with Gasteiger partial charge in [-0.15, -0.1) is 0 Å². The van der Waals surface area contributed by atoms with Gasteiger partial charge in [-0.05, 0) is 30.7 Å². The monoisotopic (exact) mass is 481 g/mol. The second-order valence-corrected chi connectivity index (χ2v) is 6.71.